The molecule has 0 fully saturated rings. The number of nitrogens with zero attached hydrogens (tertiary/aromatic N) is 3. The van der Waals surface area contributed by atoms with Crippen LogP contribution in [-0.4, -0.2) is 32.6 Å². The standard InChI is InChI=1S/C11H14N4O2S/c1-11(17,9-4-3-5-18-9)7-12-10(16)8-6-15(2)14-13-8/h3-6,17H,7H2,1-2H3,(H,12,16)/t11-/m1/s1. The summed E-state index contributed by atoms with van der Waals surface area (Å²) in [6.45, 7) is 1.79. The number of aryl methyl sites for hydroxylation is 1. The Kier molecular flexibility index (Phi) is 3.44. The quantitative estimate of drug-likeness (QED) is 0.845. The molecule has 6 nitrogen and oxygen atoms in total. The first-order valence-electron chi connectivity index (χ1n) is 5.40. The second kappa shape index (κ2) is 4.87. The van der Waals surface area contributed by atoms with Crippen molar-refractivity contribution < 1.29 is 9.90 Å². The van der Waals surface area contributed by atoms with Gasteiger partial charge in [-0.25, -0.2) is 0 Å². The van der Waals surface area contributed by atoms with Crippen LogP contribution in [0.5, 0.6) is 0 Å². The van der Waals surface area contributed by atoms with Crippen molar-refractivity contribution in [2.45, 2.75) is 12.5 Å². The molecule has 18 heavy (non-hydrogen) atoms. The molecule has 0 aliphatic heterocycles. The summed E-state index contributed by atoms with van der Waals surface area (Å²) in [5, 5.41) is 22.1. The lowest BCUT2D eigenvalue weighted by Crippen LogP contribution is -2.38. The highest BCUT2D eigenvalue weighted by Crippen LogP contribution is 2.24. The van der Waals surface area contributed by atoms with Crippen molar-refractivity contribution in [3.63, 3.8) is 0 Å². The zero-order chi connectivity index (χ0) is 13.2. The highest BCUT2D eigenvalue weighted by atomic mass is 32.1. The average Bonchev–Trinajstić information content (AvgIpc) is 2.96. The molecular weight excluding hydrogens is 252 g/mol. The first kappa shape index (κ1) is 12.7. The van der Waals surface area contributed by atoms with E-state index >= 15 is 0 Å². The molecule has 0 saturated carbocycles. The molecule has 2 heterocycles. The molecule has 96 valence electrons. The number of carbonyl (C=O) groups excluding carboxylic acids is 1. The number of aromatic nitrogens is 3. The number of aliphatic hydroxyl groups is 1. The summed E-state index contributed by atoms with van der Waals surface area (Å²) in [5.74, 6) is -0.347. The van der Waals surface area contributed by atoms with Gasteiger partial charge in [0, 0.05) is 11.9 Å². The Hall–Kier alpha value is -1.73. The molecule has 0 spiro atoms. The Morgan fingerprint density at radius 2 is 2.44 bits per heavy atom. The van der Waals surface area contributed by atoms with Crippen molar-refractivity contribution in [3.8, 4) is 0 Å². The van der Waals surface area contributed by atoms with Crippen LogP contribution in [0, 0.1) is 0 Å². The van der Waals surface area contributed by atoms with E-state index in [1.165, 1.54) is 22.2 Å². The summed E-state index contributed by atoms with van der Waals surface area (Å²) in [5.41, 5.74) is -0.842. The van der Waals surface area contributed by atoms with Gasteiger partial charge >= 0.3 is 0 Å². The Morgan fingerprint density at radius 3 is 3.00 bits per heavy atom. The van der Waals surface area contributed by atoms with Crippen molar-refractivity contribution in [1.29, 1.82) is 0 Å². The average molecular weight is 266 g/mol. The lowest BCUT2D eigenvalue weighted by atomic mass is 10.1. The smallest absolute Gasteiger partial charge is 0.273 e. The highest BCUT2D eigenvalue weighted by Gasteiger charge is 2.25. The Morgan fingerprint density at radius 1 is 1.67 bits per heavy atom. The number of thiophene rings is 1. The van der Waals surface area contributed by atoms with Gasteiger partial charge in [0.2, 0.25) is 0 Å². The number of nitrogens with one attached hydrogen (secondary N) is 1. The maximum atomic E-state index is 11.7. The molecule has 0 unspecified atom stereocenters. The second-order valence-electron chi connectivity index (χ2n) is 4.21. The van der Waals surface area contributed by atoms with E-state index in [0.29, 0.717) is 0 Å². The summed E-state index contributed by atoms with van der Waals surface area (Å²) in [4.78, 5) is 12.5. The van der Waals surface area contributed by atoms with E-state index in [4.69, 9.17) is 0 Å². The van der Waals surface area contributed by atoms with Gasteiger partial charge < -0.3 is 10.4 Å². The third kappa shape index (κ3) is 2.74. The van der Waals surface area contributed by atoms with Crippen LogP contribution in [0.2, 0.25) is 0 Å². The van der Waals surface area contributed by atoms with Gasteiger partial charge in [-0.15, -0.1) is 16.4 Å². The molecule has 0 saturated heterocycles. The van der Waals surface area contributed by atoms with Gasteiger partial charge in [0.25, 0.3) is 5.91 Å². The predicted octanol–water partition coefficient (Wildman–Crippen LogP) is 0.514. The maximum Gasteiger partial charge on any atom is 0.273 e. The minimum absolute atomic E-state index is 0.128. The summed E-state index contributed by atoms with van der Waals surface area (Å²) in [7, 11) is 1.69. The van der Waals surface area contributed by atoms with E-state index in [9.17, 15) is 9.90 Å². The predicted molar refractivity (Wildman–Crippen MR) is 67.2 cm³/mol. The van der Waals surface area contributed by atoms with Crippen LogP contribution in [-0.2, 0) is 12.6 Å². The molecular formula is C11H14N4O2S. The topological polar surface area (TPSA) is 80.0 Å². The molecule has 0 radical (unpaired) electrons. The largest absolute Gasteiger partial charge is 0.383 e. The number of hydrogen-bond donors (Lipinski definition) is 2. The number of carbonyl (C=O) groups is 1. The molecule has 2 N–H and O–H groups in total. The van der Waals surface area contributed by atoms with Gasteiger partial charge in [-0.05, 0) is 18.4 Å². The highest BCUT2D eigenvalue weighted by molar-refractivity contribution is 7.10. The Labute approximate surface area is 108 Å². The number of hydrogen-bond acceptors (Lipinski definition) is 5. The Bertz CT molecular complexity index is 533. The second-order valence-corrected chi connectivity index (χ2v) is 5.16. The monoisotopic (exact) mass is 266 g/mol. The molecule has 1 atom stereocenters. The van der Waals surface area contributed by atoms with Crippen LogP contribution >= 0.6 is 11.3 Å². The molecule has 0 bridgehead atoms. The minimum Gasteiger partial charge on any atom is -0.383 e. The number of rotatable bonds is 4. The summed E-state index contributed by atoms with van der Waals surface area (Å²) in [6, 6.07) is 3.69. The molecule has 0 aliphatic rings. The Balaban J connectivity index is 1.98. The zero-order valence-corrected chi connectivity index (χ0v) is 10.9. The minimum atomic E-state index is -1.08. The van der Waals surface area contributed by atoms with Crippen molar-refractivity contribution in [2.75, 3.05) is 6.54 Å². The third-order valence-electron chi connectivity index (χ3n) is 2.48. The summed E-state index contributed by atoms with van der Waals surface area (Å²) in [6.07, 6.45) is 1.52. The summed E-state index contributed by atoms with van der Waals surface area (Å²) >= 11 is 1.45. The maximum absolute atomic E-state index is 11.7. The van der Waals surface area contributed by atoms with Gasteiger partial charge in [0.05, 0.1) is 12.7 Å². The van der Waals surface area contributed by atoms with Crippen molar-refractivity contribution >= 4 is 17.2 Å². The van der Waals surface area contributed by atoms with Crippen LogP contribution < -0.4 is 5.32 Å². The first-order chi connectivity index (χ1) is 8.49. The fourth-order valence-corrected chi connectivity index (χ4v) is 2.25. The van der Waals surface area contributed by atoms with Gasteiger partial charge in [0.15, 0.2) is 5.69 Å². The van der Waals surface area contributed by atoms with Crippen molar-refractivity contribution in [1.82, 2.24) is 20.3 Å². The molecule has 2 rings (SSSR count). The molecule has 2 aromatic rings. The molecule has 0 aliphatic carbocycles. The van der Waals surface area contributed by atoms with Gasteiger partial charge in [-0.2, -0.15) is 0 Å². The van der Waals surface area contributed by atoms with Crippen molar-refractivity contribution in [3.05, 3.63) is 34.3 Å². The van der Waals surface area contributed by atoms with E-state index in [1.54, 1.807) is 14.0 Å². The van der Waals surface area contributed by atoms with E-state index in [0.717, 1.165) is 4.88 Å². The number of amides is 1. The van der Waals surface area contributed by atoms with E-state index in [1.807, 2.05) is 17.5 Å². The van der Waals surface area contributed by atoms with Crippen molar-refractivity contribution in [2.24, 2.45) is 7.05 Å². The molecule has 1 amide bonds. The van der Waals surface area contributed by atoms with E-state index in [-0.39, 0.29) is 18.1 Å². The SMILES string of the molecule is Cn1cc(C(=O)NC[C@@](C)(O)c2cccs2)nn1. The van der Waals surface area contributed by atoms with E-state index in [2.05, 4.69) is 15.6 Å². The van der Waals surface area contributed by atoms with Gasteiger partial charge in [-0.3, -0.25) is 9.48 Å². The van der Waals surface area contributed by atoms with Crippen LogP contribution in [0.3, 0.4) is 0 Å². The third-order valence-corrected chi connectivity index (χ3v) is 3.60. The fraction of sp³-hybridized carbons (Fsp3) is 0.364. The molecule has 0 aromatic carbocycles. The fourth-order valence-electron chi connectivity index (χ4n) is 1.47. The summed E-state index contributed by atoms with van der Waals surface area (Å²) < 4.78 is 1.45. The molecule has 7 heteroatoms. The lowest BCUT2D eigenvalue weighted by molar-refractivity contribution is 0.0555. The molecule has 2 aromatic heterocycles. The van der Waals surface area contributed by atoms with Gasteiger partial charge in [0.1, 0.15) is 5.60 Å². The van der Waals surface area contributed by atoms with Crippen LogP contribution in [0.1, 0.15) is 22.3 Å². The van der Waals surface area contributed by atoms with Gasteiger partial charge in [-0.1, -0.05) is 11.3 Å². The van der Waals surface area contributed by atoms with E-state index < -0.39 is 5.60 Å². The zero-order valence-electron chi connectivity index (χ0n) is 10.1. The van der Waals surface area contributed by atoms with Crippen LogP contribution in [0.4, 0.5) is 0 Å². The van der Waals surface area contributed by atoms with Crippen LogP contribution in [0.25, 0.3) is 0 Å². The normalized spacial score (nSPS) is 14.2. The first-order valence-corrected chi connectivity index (χ1v) is 6.28. The van der Waals surface area contributed by atoms with Crippen LogP contribution in [0.15, 0.2) is 23.7 Å². The lowest BCUT2D eigenvalue weighted by Gasteiger charge is -2.21.